The van der Waals surface area contributed by atoms with E-state index in [-0.39, 0.29) is 0 Å². The number of guanidine groups is 1. The summed E-state index contributed by atoms with van der Waals surface area (Å²) in [7, 11) is 0. The molecule has 0 spiro atoms. The largest absolute Gasteiger partial charge is 0.386 e. The summed E-state index contributed by atoms with van der Waals surface area (Å²) in [4.78, 5) is 5.12. The van der Waals surface area contributed by atoms with Gasteiger partial charge in [-0.2, -0.15) is 0 Å². The Morgan fingerprint density at radius 3 is 2.94 bits per heavy atom. The summed E-state index contributed by atoms with van der Waals surface area (Å²) >= 11 is 7.19. The lowest BCUT2D eigenvalue weighted by Crippen LogP contribution is -2.37. The average Bonchev–Trinajstić information content (AvgIpc) is 2.79. The molecule has 4 nitrogen and oxygen atoms in total. The molecule has 3 N–H and O–H groups in total. The summed E-state index contributed by atoms with van der Waals surface area (Å²) in [5.74, 6) is 0.666. The van der Waals surface area contributed by atoms with E-state index in [1.807, 2.05) is 13.0 Å². The lowest BCUT2D eigenvalue weighted by molar-refractivity contribution is 0.191. The van der Waals surface area contributed by atoms with E-state index in [0.717, 1.165) is 11.4 Å². The van der Waals surface area contributed by atoms with Crippen molar-refractivity contribution < 1.29 is 5.11 Å². The molecule has 0 aliphatic rings. The van der Waals surface area contributed by atoms with Crippen LogP contribution in [0.2, 0.25) is 4.34 Å². The summed E-state index contributed by atoms with van der Waals surface area (Å²) < 4.78 is 0.671. The van der Waals surface area contributed by atoms with Gasteiger partial charge in [0.25, 0.3) is 0 Å². The van der Waals surface area contributed by atoms with Gasteiger partial charge in [-0.25, -0.2) is 0 Å². The second-order valence-electron chi connectivity index (χ2n) is 3.55. The van der Waals surface area contributed by atoms with Gasteiger partial charge in [-0.3, -0.25) is 4.99 Å². The van der Waals surface area contributed by atoms with E-state index in [2.05, 4.69) is 22.2 Å². The highest BCUT2D eigenvalue weighted by Crippen LogP contribution is 2.26. The van der Waals surface area contributed by atoms with Crippen LogP contribution in [0.15, 0.2) is 29.8 Å². The van der Waals surface area contributed by atoms with Crippen LogP contribution in [0.4, 0.5) is 0 Å². The molecule has 0 fully saturated rings. The van der Waals surface area contributed by atoms with Crippen molar-refractivity contribution in [3.63, 3.8) is 0 Å². The van der Waals surface area contributed by atoms with Crippen molar-refractivity contribution in [2.24, 2.45) is 4.99 Å². The predicted molar refractivity (Wildman–Crippen MR) is 78.5 cm³/mol. The van der Waals surface area contributed by atoms with Crippen LogP contribution in [0.5, 0.6) is 0 Å². The van der Waals surface area contributed by atoms with E-state index in [1.54, 1.807) is 12.1 Å². The Balaban J connectivity index is 2.55. The molecule has 0 aliphatic heterocycles. The zero-order valence-corrected chi connectivity index (χ0v) is 11.9. The summed E-state index contributed by atoms with van der Waals surface area (Å²) in [6.07, 6.45) is 1.13. The van der Waals surface area contributed by atoms with E-state index in [1.165, 1.54) is 11.3 Å². The first-order chi connectivity index (χ1) is 8.67. The second kappa shape index (κ2) is 8.13. The highest BCUT2D eigenvalue weighted by Gasteiger charge is 2.09. The maximum Gasteiger partial charge on any atom is 0.191 e. The molecule has 18 heavy (non-hydrogen) atoms. The number of aliphatic hydroxyl groups is 1. The third kappa shape index (κ3) is 5.08. The molecule has 1 rings (SSSR count). The van der Waals surface area contributed by atoms with Crippen LogP contribution in [0.1, 0.15) is 17.9 Å². The number of nitrogens with zero attached hydrogens (tertiary/aromatic N) is 1. The number of aliphatic hydroxyl groups excluding tert-OH is 1. The summed E-state index contributed by atoms with van der Waals surface area (Å²) in [5.41, 5.74) is 0. The van der Waals surface area contributed by atoms with E-state index in [0.29, 0.717) is 23.4 Å². The predicted octanol–water partition coefficient (Wildman–Crippen LogP) is 2.18. The van der Waals surface area contributed by atoms with E-state index in [4.69, 9.17) is 11.6 Å². The molecule has 100 valence electrons. The third-order valence-corrected chi connectivity index (χ3v) is 3.44. The molecule has 6 heteroatoms. The molecule has 0 bridgehead atoms. The minimum Gasteiger partial charge on any atom is -0.386 e. The topological polar surface area (TPSA) is 56.7 Å². The van der Waals surface area contributed by atoms with Gasteiger partial charge in [0.05, 0.1) is 10.9 Å². The molecular formula is C12H18ClN3OS. The molecule has 1 aromatic heterocycles. The van der Waals surface area contributed by atoms with Crippen LogP contribution in [-0.4, -0.2) is 30.7 Å². The fourth-order valence-corrected chi connectivity index (χ4v) is 2.32. The van der Waals surface area contributed by atoms with Gasteiger partial charge in [0.15, 0.2) is 5.96 Å². The number of rotatable bonds is 6. The molecule has 0 radical (unpaired) electrons. The van der Waals surface area contributed by atoms with Crippen molar-refractivity contribution >= 4 is 28.9 Å². The fourth-order valence-electron chi connectivity index (χ4n) is 1.29. The molecule has 0 aromatic carbocycles. The molecule has 1 unspecified atom stereocenters. The first-order valence-electron chi connectivity index (χ1n) is 5.73. The average molecular weight is 288 g/mol. The molecule has 0 amide bonds. The van der Waals surface area contributed by atoms with Gasteiger partial charge in [-0.1, -0.05) is 17.7 Å². The first-order valence-corrected chi connectivity index (χ1v) is 6.93. The Kier molecular flexibility index (Phi) is 6.78. The molecule has 0 saturated heterocycles. The Morgan fingerprint density at radius 2 is 2.39 bits per heavy atom. The smallest absolute Gasteiger partial charge is 0.191 e. The summed E-state index contributed by atoms with van der Waals surface area (Å²) in [6, 6.07) is 3.59. The van der Waals surface area contributed by atoms with Gasteiger partial charge >= 0.3 is 0 Å². The van der Waals surface area contributed by atoms with Crippen LogP contribution in [0.25, 0.3) is 0 Å². The molecule has 1 atom stereocenters. The van der Waals surface area contributed by atoms with E-state index in [9.17, 15) is 5.11 Å². The summed E-state index contributed by atoms with van der Waals surface area (Å²) in [5, 5.41) is 16.1. The van der Waals surface area contributed by atoms with Crippen LogP contribution in [0.3, 0.4) is 0 Å². The number of aliphatic imine (C=N–C) groups is 1. The maximum absolute atomic E-state index is 9.95. The van der Waals surface area contributed by atoms with Gasteiger partial charge < -0.3 is 15.7 Å². The Bertz CT molecular complexity index is 406. The lowest BCUT2D eigenvalue weighted by Gasteiger charge is -2.11. The number of nitrogens with one attached hydrogen (secondary N) is 2. The van der Waals surface area contributed by atoms with Crippen LogP contribution >= 0.6 is 22.9 Å². The first kappa shape index (κ1) is 15.0. The Hall–Kier alpha value is -1.04. The highest BCUT2D eigenvalue weighted by molar-refractivity contribution is 7.16. The monoisotopic (exact) mass is 287 g/mol. The van der Waals surface area contributed by atoms with Crippen molar-refractivity contribution in [3.8, 4) is 0 Å². The van der Waals surface area contributed by atoms with Crippen LogP contribution < -0.4 is 10.6 Å². The van der Waals surface area contributed by atoms with E-state index >= 15 is 0 Å². The quantitative estimate of drug-likeness (QED) is 0.427. The molecule has 1 heterocycles. The van der Waals surface area contributed by atoms with Gasteiger partial charge in [-0.15, -0.1) is 17.9 Å². The van der Waals surface area contributed by atoms with Crippen molar-refractivity contribution in [1.82, 2.24) is 10.6 Å². The normalized spacial score (nSPS) is 13.2. The van der Waals surface area contributed by atoms with E-state index < -0.39 is 6.10 Å². The van der Waals surface area contributed by atoms with Crippen molar-refractivity contribution in [2.75, 3.05) is 19.6 Å². The minimum absolute atomic E-state index is 0.295. The molecule has 0 aliphatic carbocycles. The van der Waals surface area contributed by atoms with Crippen molar-refractivity contribution in [2.45, 2.75) is 13.0 Å². The SMILES string of the molecule is C=CCNC(=NCC(O)c1ccc(Cl)s1)NCC. The maximum atomic E-state index is 9.95. The fraction of sp³-hybridized carbons (Fsp3) is 0.417. The summed E-state index contributed by atoms with van der Waals surface area (Å²) in [6.45, 7) is 7.31. The van der Waals surface area contributed by atoms with Gasteiger partial charge in [0.1, 0.15) is 6.10 Å². The Labute approximate surface area is 116 Å². The molecular weight excluding hydrogens is 270 g/mol. The second-order valence-corrected chi connectivity index (χ2v) is 5.29. The van der Waals surface area contributed by atoms with Crippen LogP contribution in [0, 0.1) is 0 Å². The number of hydrogen-bond acceptors (Lipinski definition) is 3. The zero-order chi connectivity index (χ0) is 13.4. The molecule has 0 saturated carbocycles. The number of hydrogen-bond donors (Lipinski definition) is 3. The minimum atomic E-state index is -0.623. The third-order valence-electron chi connectivity index (χ3n) is 2.10. The van der Waals surface area contributed by atoms with Crippen LogP contribution in [-0.2, 0) is 0 Å². The highest BCUT2D eigenvalue weighted by atomic mass is 35.5. The number of thiophene rings is 1. The lowest BCUT2D eigenvalue weighted by atomic mass is 10.3. The zero-order valence-electron chi connectivity index (χ0n) is 10.3. The number of halogens is 1. The van der Waals surface area contributed by atoms with Crippen molar-refractivity contribution in [3.05, 3.63) is 34.0 Å². The van der Waals surface area contributed by atoms with Gasteiger partial charge in [0, 0.05) is 18.0 Å². The standard InChI is InChI=1S/C12H18ClN3OS/c1-3-7-15-12(14-4-2)16-8-9(17)10-5-6-11(13)18-10/h3,5-6,9,17H,1,4,7-8H2,2H3,(H2,14,15,16). The van der Waals surface area contributed by atoms with Gasteiger partial charge in [0.2, 0.25) is 0 Å². The van der Waals surface area contributed by atoms with Crippen molar-refractivity contribution in [1.29, 1.82) is 0 Å². The molecule has 1 aromatic rings. The Morgan fingerprint density at radius 1 is 1.61 bits per heavy atom. The van der Waals surface area contributed by atoms with Gasteiger partial charge in [-0.05, 0) is 19.1 Å².